The second-order valence-electron chi connectivity index (χ2n) is 5.25. The summed E-state index contributed by atoms with van der Waals surface area (Å²) in [5.74, 6) is 0.822. The van der Waals surface area contributed by atoms with Crippen molar-refractivity contribution in [1.29, 1.82) is 0 Å². The first kappa shape index (κ1) is 17.6. The van der Waals surface area contributed by atoms with Crippen LogP contribution in [0.4, 0.5) is 0 Å². The molecule has 0 amide bonds. The topological polar surface area (TPSA) is 46.2 Å². The quantitative estimate of drug-likeness (QED) is 0.723. The number of thioether (sulfide) groups is 1. The molecule has 22 heavy (non-hydrogen) atoms. The third-order valence-corrected chi connectivity index (χ3v) is 5.19. The molecule has 5 heteroatoms. The van der Waals surface area contributed by atoms with Crippen LogP contribution in [0.5, 0.6) is 0 Å². The van der Waals surface area contributed by atoms with E-state index in [-0.39, 0.29) is 5.92 Å². The van der Waals surface area contributed by atoms with E-state index in [0.29, 0.717) is 16.6 Å². The predicted molar refractivity (Wildman–Crippen MR) is 95.6 cm³/mol. The van der Waals surface area contributed by atoms with Crippen molar-refractivity contribution in [3.8, 4) is 0 Å². The summed E-state index contributed by atoms with van der Waals surface area (Å²) >= 11 is 13.8. The number of nitrogens with two attached hydrogens (primary N) is 1. The molecule has 0 heterocycles. The molecule has 0 saturated heterocycles. The molecule has 0 radical (unpaired) electrons. The molecule has 0 bridgehead atoms. The zero-order valence-corrected chi connectivity index (χ0v) is 14.6. The fourth-order valence-corrected chi connectivity index (χ4v) is 3.48. The lowest BCUT2D eigenvalue weighted by molar-refractivity contribution is 0.121. The van der Waals surface area contributed by atoms with E-state index in [1.165, 1.54) is 0 Å². The molecular formula is C17H19Cl2NOS. The van der Waals surface area contributed by atoms with E-state index in [9.17, 15) is 5.11 Å². The standard InChI is InChI=1S/C17H19Cl2NOS/c1-11(9-20)17(21)12-3-6-15(7-4-12)22-10-13-2-5-14(18)8-16(13)19/h2-8,11,17,21H,9-10,20H2,1H3. The lowest BCUT2D eigenvalue weighted by Gasteiger charge is -2.17. The van der Waals surface area contributed by atoms with E-state index in [4.69, 9.17) is 28.9 Å². The van der Waals surface area contributed by atoms with E-state index >= 15 is 0 Å². The molecule has 0 saturated carbocycles. The Labute approximate surface area is 145 Å². The van der Waals surface area contributed by atoms with Crippen LogP contribution in [0.2, 0.25) is 10.0 Å². The minimum absolute atomic E-state index is 0.0476. The molecule has 2 rings (SSSR count). The molecule has 0 fully saturated rings. The van der Waals surface area contributed by atoms with Crippen LogP contribution < -0.4 is 5.73 Å². The van der Waals surface area contributed by atoms with E-state index in [1.807, 2.05) is 43.3 Å². The van der Waals surface area contributed by atoms with Gasteiger partial charge in [0.25, 0.3) is 0 Å². The summed E-state index contributed by atoms with van der Waals surface area (Å²) in [6.07, 6.45) is -0.519. The number of halogens is 2. The first-order chi connectivity index (χ1) is 10.5. The van der Waals surface area contributed by atoms with Crippen LogP contribution in [-0.4, -0.2) is 11.7 Å². The third kappa shape index (κ3) is 4.64. The Kier molecular flexibility index (Phi) is 6.60. The van der Waals surface area contributed by atoms with Crippen molar-refractivity contribution in [2.45, 2.75) is 23.7 Å². The van der Waals surface area contributed by atoms with Gasteiger partial charge in [-0.05, 0) is 47.9 Å². The van der Waals surface area contributed by atoms with Crippen LogP contribution in [0.3, 0.4) is 0 Å². The maximum atomic E-state index is 10.1. The Hall–Kier alpha value is -0.710. The van der Waals surface area contributed by atoms with Gasteiger partial charge in [-0.15, -0.1) is 11.8 Å². The van der Waals surface area contributed by atoms with Gasteiger partial charge in [0.15, 0.2) is 0 Å². The molecule has 0 aliphatic carbocycles. The van der Waals surface area contributed by atoms with Gasteiger partial charge in [0.1, 0.15) is 0 Å². The average molecular weight is 356 g/mol. The van der Waals surface area contributed by atoms with Crippen molar-refractivity contribution in [3.63, 3.8) is 0 Å². The number of hydrogen-bond acceptors (Lipinski definition) is 3. The van der Waals surface area contributed by atoms with Gasteiger partial charge in [-0.1, -0.05) is 48.3 Å². The Morgan fingerprint density at radius 3 is 2.41 bits per heavy atom. The number of hydrogen-bond donors (Lipinski definition) is 2. The van der Waals surface area contributed by atoms with E-state index in [0.717, 1.165) is 21.8 Å². The summed E-state index contributed by atoms with van der Waals surface area (Å²) in [5.41, 5.74) is 7.54. The molecule has 2 unspecified atom stereocenters. The molecule has 2 aromatic rings. The molecule has 2 nitrogen and oxygen atoms in total. The summed E-state index contributed by atoms with van der Waals surface area (Å²) < 4.78 is 0. The normalized spacial score (nSPS) is 13.9. The molecule has 0 aliphatic rings. The summed E-state index contributed by atoms with van der Waals surface area (Å²) in [7, 11) is 0. The van der Waals surface area contributed by atoms with E-state index < -0.39 is 6.10 Å². The van der Waals surface area contributed by atoms with Crippen molar-refractivity contribution < 1.29 is 5.11 Å². The highest BCUT2D eigenvalue weighted by Gasteiger charge is 2.14. The second-order valence-corrected chi connectivity index (χ2v) is 7.14. The summed E-state index contributed by atoms with van der Waals surface area (Å²) in [6, 6.07) is 13.5. The maximum absolute atomic E-state index is 10.1. The lowest BCUT2D eigenvalue weighted by atomic mass is 9.98. The minimum atomic E-state index is -0.519. The lowest BCUT2D eigenvalue weighted by Crippen LogP contribution is -2.18. The molecule has 118 valence electrons. The van der Waals surface area contributed by atoms with Crippen LogP contribution in [0.25, 0.3) is 0 Å². The van der Waals surface area contributed by atoms with Gasteiger partial charge < -0.3 is 10.8 Å². The molecule has 2 atom stereocenters. The van der Waals surface area contributed by atoms with Crippen LogP contribution in [0.15, 0.2) is 47.4 Å². The van der Waals surface area contributed by atoms with Gasteiger partial charge in [0, 0.05) is 20.7 Å². The van der Waals surface area contributed by atoms with Gasteiger partial charge in [-0.3, -0.25) is 0 Å². The Morgan fingerprint density at radius 1 is 1.14 bits per heavy atom. The van der Waals surface area contributed by atoms with Gasteiger partial charge >= 0.3 is 0 Å². The van der Waals surface area contributed by atoms with Crippen LogP contribution in [0, 0.1) is 5.92 Å². The van der Waals surface area contributed by atoms with Crippen molar-refractivity contribution in [2.75, 3.05) is 6.54 Å². The molecule has 2 aromatic carbocycles. The summed E-state index contributed by atoms with van der Waals surface area (Å²) in [6.45, 7) is 2.41. The Balaban J connectivity index is 1.99. The molecule has 0 aromatic heterocycles. The summed E-state index contributed by atoms with van der Waals surface area (Å²) in [4.78, 5) is 1.13. The van der Waals surface area contributed by atoms with Gasteiger partial charge in [0.05, 0.1) is 6.10 Å². The van der Waals surface area contributed by atoms with Crippen molar-refractivity contribution in [2.24, 2.45) is 11.7 Å². The molecular weight excluding hydrogens is 337 g/mol. The smallest absolute Gasteiger partial charge is 0.0827 e. The molecule has 0 spiro atoms. The van der Waals surface area contributed by atoms with Crippen molar-refractivity contribution in [1.82, 2.24) is 0 Å². The first-order valence-corrected chi connectivity index (χ1v) is 8.80. The third-order valence-electron chi connectivity index (χ3n) is 3.54. The average Bonchev–Trinajstić information content (AvgIpc) is 2.53. The zero-order chi connectivity index (χ0) is 16.1. The summed E-state index contributed by atoms with van der Waals surface area (Å²) in [5, 5.41) is 11.5. The van der Waals surface area contributed by atoms with Crippen LogP contribution >= 0.6 is 35.0 Å². The van der Waals surface area contributed by atoms with E-state index in [1.54, 1.807) is 17.8 Å². The Morgan fingerprint density at radius 2 is 1.82 bits per heavy atom. The van der Waals surface area contributed by atoms with Crippen LogP contribution in [-0.2, 0) is 5.75 Å². The monoisotopic (exact) mass is 355 g/mol. The fraction of sp³-hybridized carbons (Fsp3) is 0.294. The highest BCUT2D eigenvalue weighted by Crippen LogP contribution is 2.30. The largest absolute Gasteiger partial charge is 0.388 e. The zero-order valence-electron chi connectivity index (χ0n) is 12.3. The first-order valence-electron chi connectivity index (χ1n) is 7.06. The molecule has 3 N–H and O–H groups in total. The molecule has 0 aliphatic heterocycles. The number of aliphatic hydroxyl groups excluding tert-OH is 1. The second kappa shape index (κ2) is 8.23. The van der Waals surface area contributed by atoms with Gasteiger partial charge in [-0.2, -0.15) is 0 Å². The van der Waals surface area contributed by atoms with E-state index in [2.05, 4.69) is 0 Å². The number of aliphatic hydroxyl groups is 1. The highest BCUT2D eigenvalue weighted by atomic mass is 35.5. The number of benzene rings is 2. The number of rotatable bonds is 6. The van der Waals surface area contributed by atoms with Crippen molar-refractivity contribution >= 4 is 35.0 Å². The fourth-order valence-electron chi connectivity index (χ4n) is 2.02. The predicted octanol–water partition coefficient (Wildman–Crippen LogP) is 4.91. The minimum Gasteiger partial charge on any atom is -0.388 e. The highest BCUT2D eigenvalue weighted by molar-refractivity contribution is 7.98. The Bertz CT molecular complexity index is 619. The maximum Gasteiger partial charge on any atom is 0.0827 e. The van der Waals surface area contributed by atoms with Gasteiger partial charge in [-0.25, -0.2) is 0 Å². The van der Waals surface area contributed by atoms with Crippen LogP contribution in [0.1, 0.15) is 24.2 Å². The SMILES string of the molecule is CC(CN)C(O)c1ccc(SCc2ccc(Cl)cc2Cl)cc1. The van der Waals surface area contributed by atoms with Gasteiger partial charge in [0.2, 0.25) is 0 Å². The van der Waals surface area contributed by atoms with Crippen molar-refractivity contribution in [3.05, 3.63) is 63.6 Å².